The number of esters is 1. The molecule has 0 aromatic heterocycles. The van der Waals surface area contributed by atoms with Gasteiger partial charge < -0.3 is 14.8 Å². The normalized spacial score (nSPS) is 13.6. The molecule has 1 atom stereocenters. The summed E-state index contributed by atoms with van der Waals surface area (Å²) >= 11 is 0. The highest BCUT2D eigenvalue weighted by Crippen LogP contribution is 2.14. The van der Waals surface area contributed by atoms with Crippen LogP contribution in [0.5, 0.6) is 0 Å². The third kappa shape index (κ3) is 7.47. The van der Waals surface area contributed by atoms with Gasteiger partial charge in [-0.3, -0.25) is 4.79 Å². The second-order valence-electron chi connectivity index (χ2n) is 3.05. The first kappa shape index (κ1) is 15.2. The molecular formula is C9H16F3NO3. The molecule has 0 aromatic carbocycles. The molecule has 0 bridgehead atoms. The number of carbonyl (C=O) groups is 1. The highest BCUT2D eigenvalue weighted by molar-refractivity contribution is 5.75. The minimum absolute atomic E-state index is 0.144. The Morgan fingerprint density at radius 2 is 2.06 bits per heavy atom. The minimum atomic E-state index is -4.33. The molecule has 0 aliphatic heterocycles. The summed E-state index contributed by atoms with van der Waals surface area (Å²) < 4.78 is 44.2. The van der Waals surface area contributed by atoms with Crippen LogP contribution in [0.4, 0.5) is 13.2 Å². The highest BCUT2D eigenvalue weighted by atomic mass is 19.4. The molecule has 16 heavy (non-hydrogen) atoms. The second kappa shape index (κ2) is 7.45. The van der Waals surface area contributed by atoms with Gasteiger partial charge in [-0.2, -0.15) is 13.2 Å². The molecular weight excluding hydrogens is 227 g/mol. The number of ether oxygens (including phenoxy) is 2. The predicted molar refractivity (Wildman–Crippen MR) is 51.0 cm³/mol. The number of alkyl halides is 3. The maximum atomic E-state index is 11.7. The van der Waals surface area contributed by atoms with E-state index < -0.39 is 24.8 Å². The van der Waals surface area contributed by atoms with E-state index in [-0.39, 0.29) is 19.6 Å². The molecule has 0 aliphatic carbocycles. The van der Waals surface area contributed by atoms with Gasteiger partial charge in [0.05, 0.1) is 6.61 Å². The Morgan fingerprint density at radius 1 is 1.44 bits per heavy atom. The molecule has 0 spiro atoms. The van der Waals surface area contributed by atoms with Crippen LogP contribution in [-0.4, -0.2) is 45.1 Å². The summed E-state index contributed by atoms with van der Waals surface area (Å²) in [5.41, 5.74) is 0. The Kier molecular flexibility index (Phi) is 7.07. The lowest BCUT2D eigenvalue weighted by molar-refractivity contribution is -0.174. The molecule has 0 fully saturated rings. The fraction of sp³-hybridized carbons (Fsp3) is 0.889. The molecule has 4 nitrogen and oxygen atoms in total. The van der Waals surface area contributed by atoms with Gasteiger partial charge in [-0.1, -0.05) is 0 Å². The number of hydrogen-bond acceptors (Lipinski definition) is 4. The van der Waals surface area contributed by atoms with Gasteiger partial charge in [0, 0.05) is 6.61 Å². The fourth-order valence-corrected chi connectivity index (χ4v) is 1.01. The number of rotatable bonds is 7. The lowest BCUT2D eigenvalue weighted by Gasteiger charge is -2.14. The van der Waals surface area contributed by atoms with Crippen molar-refractivity contribution in [2.75, 3.05) is 26.9 Å². The van der Waals surface area contributed by atoms with Gasteiger partial charge in [-0.25, -0.2) is 0 Å². The Morgan fingerprint density at radius 3 is 2.50 bits per heavy atom. The first-order valence-electron chi connectivity index (χ1n) is 4.89. The first-order chi connectivity index (χ1) is 7.40. The van der Waals surface area contributed by atoms with Crippen molar-refractivity contribution in [3.05, 3.63) is 0 Å². The Bertz CT molecular complexity index is 209. The summed E-state index contributed by atoms with van der Waals surface area (Å²) in [5.74, 6) is -0.486. The van der Waals surface area contributed by atoms with Gasteiger partial charge in [0.1, 0.15) is 12.6 Å². The molecule has 96 valence electrons. The van der Waals surface area contributed by atoms with E-state index in [1.54, 1.807) is 6.92 Å². The molecule has 0 saturated carbocycles. The molecule has 0 aliphatic rings. The smallest absolute Gasteiger partial charge is 0.411 e. The summed E-state index contributed by atoms with van der Waals surface area (Å²) in [5, 5.41) is 2.65. The fourth-order valence-electron chi connectivity index (χ4n) is 1.01. The third-order valence-electron chi connectivity index (χ3n) is 1.74. The van der Waals surface area contributed by atoms with E-state index in [1.807, 2.05) is 0 Å². The van der Waals surface area contributed by atoms with Crippen LogP contribution in [0.1, 0.15) is 13.3 Å². The number of hydrogen-bond donors (Lipinski definition) is 1. The number of carbonyl (C=O) groups excluding carboxylic acids is 1. The van der Waals surface area contributed by atoms with Crippen LogP contribution in [0, 0.1) is 0 Å². The highest BCUT2D eigenvalue weighted by Gasteiger charge is 2.27. The zero-order valence-corrected chi connectivity index (χ0v) is 9.26. The van der Waals surface area contributed by atoms with Crippen molar-refractivity contribution in [1.82, 2.24) is 5.32 Å². The monoisotopic (exact) mass is 243 g/mol. The molecule has 0 saturated heterocycles. The number of nitrogens with one attached hydrogen (secondary N) is 1. The molecule has 0 aromatic rings. The zero-order chi connectivity index (χ0) is 12.6. The van der Waals surface area contributed by atoms with E-state index in [0.29, 0.717) is 0 Å². The molecule has 0 heterocycles. The van der Waals surface area contributed by atoms with Crippen LogP contribution < -0.4 is 5.32 Å². The lowest BCUT2D eigenvalue weighted by Crippen LogP contribution is -2.36. The largest absolute Gasteiger partial charge is 0.465 e. The zero-order valence-electron chi connectivity index (χ0n) is 9.26. The molecule has 1 N–H and O–H groups in total. The molecule has 1 unspecified atom stereocenters. The molecule has 7 heteroatoms. The van der Waals surface area contributed by atoms with E-state index >= 15 is 0 Å². The van der Waals surface area contributed by atoms with Crippen LogP contribution in [0.2, 0.25) is 0 Å². The first-order valence-corrected chi connectivity index (χ1v) is 4.89. The van der Waals surface area contributed by atoms with Crippen molar-refractivity contribution >= 4 is 5.97 Å². The van der Waals surface area contributed by atoms with Crippen LogP contribution in [0.3, 0.4) is 0 Å². The maximum absolute atomic E-state index is 11.7. The summed E-state index contributed by atoms with van der Waals surface area (Å²) in [6.07, 6.45) is -4.19. The predicted octanol–water partition coefficient (Wildman–Crippen LogP) is 1.11. The van der Waals surface area contributed by atoms with Gasteiger partial charge in [-0.15, -0.1) is 0 Å². The third-order valence-corrected chi connectivity index (χ3v) is 1.74. The Balaban J connectivity index is 3.75. The Hall–Kier alpha value is -0.820. The number of halogens is 3. The van der Waals surface area contributed by atoms with Gasteiger partial charge in [0.15, 0.2) is 0 Å². The van der Waals surface area contributed by atoms with Crippen molar-refractivity contribution < 1.29 is 27.4 Å². The van der Waals surface area contributed by atoms with Crippen molar-refractivity contribution in [2.24, 2.45) is 0 Å². The van der Waals surface area contributed by atoms with Crippen LogP contribution >= 0.6 is 0 Å². The standard InChI is InChI=1S/C9H16F3NO3/c1-3-16-8(14)7(13-2)4-5-15-6-9(10,11)12/h7,13H,3-6H2,1-2H3. The number of likely N-dealkylation sites (N-methyl/N-ethyl adjacent to an activating group) is 1. The van der Waals surface area contributed by atoms with Crippen LogP contribution in [0.25, 0.3) is 0 Å². The van der Waals surface area contributed by atoms with Crippen molar-refractivity contribution in [3.8, 4) is 0 Å². The average Bonchev–Trinajstić information content (AvgIpc) is 2.16. The summed E-state index contributed by atoms with van der Waals surface area (Å²) in [6.45, 7) is 0.446. The van der Waals surface area contributed by atoms with Crippen LogP contribution in [0.15, 0.2) is 0 Å². The van der Waals surface area contributed by atoms with Gasteiger partial charge in [0.2, 0.25) is 0 Å². The van der Waals surface area contributed by atoms with Crippen molar-refractivity contribution in [2.45, 2.75) is 25.6 Å². The van der Waals surface area contributed by atoms with Gasteiger partial charge in [0.25, 0.3) is 0 Å². The van der Waals surface area contributed by atoms with Gasteiger partial charge in [-0.05, 0) is 20.4 Å². The Labute approximate surface area is 92.1 Å². The lowest BCUT2D eigenvalue weighted by atomic mass is 10.2. The van der Waals surface area contributed by atoms with E-state index in [4.69, 9.17) is 4.74 Å². The maximum Gasteiger partial charge on any atom is 0.411 e. The van der Waals surface area contributed by atoms with E-state index in [0.717, 1.165) is 0 Å². The average molecular weight is 243 g/mol. The topological polar surface area (TPSA) is 47.6 Å². The molecule has 0 amide bonds. The SMILES string of the molecule is CCOC(=O)C(CCOCC(F)(F)F)NC. The second-order valence-corrected chi connectivity index (χ2v) is 3.05. The molecule has 0 rings (SSSR count). The van der Waals surface area contributed by atoms with Gasteiger partial charge >= 0.3 is 12.1 Å². The van der Waals surface area contributed by atoms with Crippen LogP contribution in [-0.2, 0) is 14.3 Å². The van der Waals surface area contributed by atoms with E-state index in [2.05, 4.69) is 10.1 Å². The summed E-state index contributed by atoms with van der Waals surface area (Å²) in [7, 11) is 1.53. The summed E-state index contributed by atoms with van der Waals surface area (Å²) in [4.78, 5) is 11.2. The quantitative estimate of drug-likeness (QED) is 0.537. The van der Waals surface area contributed by atoms with E-state index in [1.165, 1.54) is 7.05 Å². The molecule has 0 radical (unpaired) electrons. The van der Waals surface area contributed by atoms with E-state index in [9.17, 15) is 18.0 Å². The van der Waals surface area contributed by atoms with Crippen molar-refractivity contribution in [1.29, 1.82) is 0 Å². The summed E-state index contributed by atoms with van der Waals surface area (Å²) in [6, 6.07) is -0.631. The minimum Gasteiger partial charge on any atom is -0.465 e. The van der Waals surface area contributed by atoms with Crippen molar-refractivity contribution in [3.63, 3.8) is 0 Å².